The highest BCUT2D eigenvalue weighted by Crippen LogP contribution is 2.02. The van der Waals surface area contributed by atoms with Gasteiger partial charge in [-0.15, -0.1) is 5.10 Å². The summed E-state index contributed by atoms with van der Waals surface area (Å²) in [6.45, 7) is 4.00. The van der Waals surface area contributed by atoms with Gasteiger partial charge < -0.3 is 0 Å². The van der Waals surface area contributed by atoms with Crippen molar-refractivity contribution in [2.45, 2.75) is 19.9 Å². The van der Waals surface area contributed by atoms with Gasteiger partial charge in [0.2, 0.25) is 4.73 Å². The summed E-state index contributed by atoms with van der Waals surface area (Å²) < 4.78 is 2.20. The van der Waals surface area contributed by atoms with Gasteiger partial charge in [-0.2, -0.15) is 0 Å². The fraction of sp³-hybridized carbons (Fsp3) is 0.600. The van der Waals surface area contributed by atoms with E-state index in [1.807, 2.05) is 13.8 Å². The van der Waals surface area contributed by atoms with E-state index in [1.54, 1.807) is 4.68 Å². The molecular formula is C5H7BBrN3. The zero-order valence-corrected chi connectivity index (χ0v) is 7.46. The average Bonchev–Trinajstić information content (AvgIpc) is 2.10. The number of rotatable bonds is 1. The molecule has 52 valence electrons. The van der Waals surface area contributed by atoms with E-state index >= 15 is 0 Å². The molecule has 0 bridgehead atoms. The fourth-order valence-electron chi connectivity index (χ4n) is 0.688. The van der Waals surface area contributed by atoms with Crippen LogP contribution in [0.3, 0.4) is 0 Å². The second kappa shape index (κ2) is 2.74. The van der Waals surface area contributed by atoms with Crippen LogP contribution in [0.5, 0.6) is 0 Å². The van der Waals surface area contributed by atoms with Gasteiger partial charge in [0.15, 0.2) is 7.85 Å². The van der Waals surface area contributed by atoms with Crippen molar-refractivity contribution in [1.29, 1.82) is 0 Å². The van der Waals surface area contributed by atoms with Crippen LogP contribution < -0.4 is 5.72 Å². The molecule has 0 saturated heterocycles. The average molecular weight is 200 g/mol. The summed E-state index contributed by atoms with van der Waals surface area (Å²) in [4.78, 5) is 3.88. The molecular weight excluding hydrogens is 193 g/mol. The molecule has 2 radical (unpaired) electrons. The standard InChI is InChI=1S/C5H7BBrN3/c1-3(2)10-4(6)8-5(7)9-10/h3H,1-2H3. The number of halogens is 1. The van der Waals surface area contributed by atoms with Crippen LogP contribution in [-0.2, 0) is 0 Å². The van der Waals surface area contributed by atoms with Gasteiger partial charge in [-0.3, -0.25) is 4.68 Å². The van der Waals surface area contributed by atoms with Crippen molar-refractivity contribution in [1.82, 2.24) is 14.8 Å². The zero-order valence-electron chi connectivity index (χ0n) is 5.87. The van der Waals surface area contributed by atoms with Gasteiger partial charge in [-0.1, -0.05) is 0 Å². The van der Waals surface area contributed by atoms with Crippen molar-refractivity contribution >= 4 is 29.5 Å². The minimum atomic E-state index is 0.263. The summed E-state index contributed by atoms with van der Waals surface area (Å²) in [5, 5.41) is 4.01. The van der Waals surface area contributed by atoms with E-state index < -0.39 is 0 Å². The highest BCUT2D eigenvalue weighted by Gasteiger charge is 2.04. The Hall–Kier alpha value is -0.315. The van der Waals surface area contributed by atoms with Crippen molar-refractivity contribution in [3.05, 3.63) is 4.73 Å². The van der Waals surface area contributed by atoms with Crippen molar-refractivity contribution in [3.63, 3.8) is 0 Å². The van der Waals surface area contributed by atoms with Crippen molar-refractivity contribution in [2.75, 3.05) is 0 Å². The van der Waals surface area contributed by atoms with E-state index in [2.05, 4.69) is 26.0 Å². The molecule has 0 aliphatic carbocycles. The molecule has 5 heteroatoms. The SMILES string of the molecule is [B]c1nc(Br)nn1C(C)C. The van der Waals surface area contributed by atoms with Crippen molar-refractivity contribution < 1.29 is 0 Å². The fourth-order valence-corrected chi connectivity index (χ4v) is 1.04. The van der Waals surface area contributed by atoms with Crippen molar-refractivity contribution in [2.24, 2.45) is 0 Å². The molecule has 0 amide bonds. The number of hydrogen-bond donors (Lipinski definition) is 0. The lowest BCUT2D eigenvalue weighted by atomic mass is 10.1. The maximum atomic E-state index is 5.50. The molecule has 0 saturated carbocycles. The van der Waals surface area contributed by atoms with Gasteiger partial charge in [-0.05, 0) is 29.8 Å². The first-order valence-electron chi connectivity index (χ1n) is 2.98. The van der Waals surface area contributed by atoms with Crippen LogP contribution in [0.2, 0.25) is 0 Å². The van der Waals surface area contributed by atoms with Crippen molar-refractivity contribution in [3.8, 4) is 0 Å². The van der Waals surface area contributed by atoms with E-state index in [0.717, 1.165) is 0 Å². The number of aromatic nitrogens is 3. The smallest absolute Gasteiger partial charge is 0.216 e. The van der Waals surface area contributed by atoms with E-state index in [4.69, 9.17) is 7.85 Å². The van der Waals surface area contributed by atoms with Crippen LogP contribution >= 0.6 is 15.9 Å². The molecule has 0 N–H and O–H groups in total. The maximum Gasteiger partial charge on any atom is 0.216 e. The Bertz CT molecular complexity index is 233. The second-order valence-electron chi connectivity index (χ2n) is 2.28. The van der Waals surface area contributed by atoms with E-state index in [9.17, 15) is 0 Å². The number of hydrogen-bond acceptors (Lipinski definition) is 2. The van der Waals surface area contributed by atoms with Crippen LogP contribution in [0, 0.1) is 0 Å². The van der Waals surface area contributed by atoms with Crippen LogP contribution in [-0.4, -0.2) is 22.6 Å². The summed E-state index contributed by atoms with van der Waals surface area (Å²) >= 11 is 3.13. The van der Waals surface area contributed by atoms with Crippen LogP contribution in [0.4, 0.5) is 0 Å². The Morgan fingerprint density at radius 3 is 2.40 bits per heavy atom. The lowest BCUT2D eigenvalue weighted by Crippen LogP contribution is -2.21. The first kappa shape index (κ1) is 7.79. The summed E-state index contributed by atoms with van der Waals surface area (Å²) in [5.41, 5.74) is 0.446. The van der Waals surface area contributed by atoms with Gasteiger partial charge in [0.25, 0.3) is 0 Å². The predicted molar refractivity (Wildman–Crippen MR) is 43.5 cm³/mol. The molecule has 1 aromatic heterocycles. The summed E-state index contributed by atoms with van der Waals surface area (Å²) in [6, 6.07) is 0.263. The highest BCUT2D eigenvalue weighted by atomic mass is 79.9. The predicted octanol–water partition coefficient (Wildman–Crippen LogP) is 0.415. The Morgan fingerprint density at radius 2 is 2.20 bits per heavy atom. The summed E-state index contributed by atoms with van der Waals surface area (Å²) in [7, 11) is 5.50. The van der Waals surface area contributed by atoms with E-state index in [0.29, 0.717) is 10.5 Å². The molecule has 0 aliphatic rings. The Kier molecular flexibility index (Phi) is 2.13. The first-order chi connectivity index (χ1) is 4.61. The molecule has 10 heavy (non-hydrogen) atoms. The summed E-state index contributed by atoms with van der Waals surface area (Å²) in [6.07, 6.45) is 0. The third-order valence-electron chi connectivity index (χ3n) is 1.12. The molecule has 0 unspecified atom stereocenters. The number of nitrogens with zero attached hydrogens (tertiary/aromatic N) is 3. The second-order valence-corrected chi connectivity index (χ2v) is 2.99. The topological polar surface area (TPSA) is 30.7 Å². The normalized spacial score (nSPS) is 10.8. The van der Waals surface area contributed by atoms with Gasteiger partial charge in [0.1, 0.15) is 0 Å². The molecule has 0 fully saturated rings. The molecule has 0 atom stereocenters. The molecule has 1 rings (SSSR count). The van der Waals surface area contributed by atoms with E-state index in [1.165, 1.54) is 0 Å². The minimum Gasteiger partial charge on any atom is -0.257 e. The third kappa shape index (κ3) is 1.40. The Labute approximate surface area is 69.4 Å². The quantitative estimate of drug-likeness (QED) is 0.614. The molecule has 0 aliphatic heterocycles. The zero-order chi connectivity index (χ0) is 7.72. The molecule has 0 aromatic carbocycles. The monoisotopic (exact) mass is 199 g/mol. The maximum absolute atomic E-state index is 5.50. The highest BCUT2D eigenvalue weighted by molar-refractivity contribution is 9.10. The lowest BCUT2D eigenvalue weighted by Gasteiger charge is -2.05. The molecule has 1 aromatic rings. The lowest BCUT2D eigenvalue weighted by molar-refractivity contribution is 0.543. The van der Waals surface area contributed by atoms with Gasteiger partial charge in [-0.25, -0.2) is 4.98 Å². The van der Waals surface area contributed by atoms with Gasteiger partial charge >= 0.3 is 0 Å². The first-order valence-corrected chi connectivity index (χ1v) is 3.78. The molecule has 0 spiro atoms. The van der Waals surface area contributed by atoms with Gasteiger partial charge in [0.05, 0.1) is 5.72 Å². The van der Waals surface area contributed by atoms with Gasteiger partial charge in [0, 0.05) is 6.04 Å². The molecule has 3 nitrogen and oxygen atoms in total. The Morgan fingerprint density at radius 1 is 1.60 bits per heavy atom. The largest absolute Gasteiger partial charge is 0.257 e. The van der Waals surface area contributed by atoms with Crippen LogP contribution in [0.25, 0.3) is 0 Å². The third-order valence-corrected chi connectivity index (χ3v) is 1.46. The Balaban J connectivity index is 3.03. The van der Waals surface area contributed by atoms with Crippen LogP contribution in [0.15, 0.2) is 4.73 Å². The minimum absolute atomic E-state index is 0.263. The molecule has 1 heterocycles. The van der Waals surface area contributed by atoms with E-state index in [-0.39, 0.29) is 6.04 Å². The summed E-state index contributed by atoms with van der Waals surface area (Å²) in [5.74, 6) is 0. The van der Waals surface area contributed by atoms with Crippen LogP contribution in [0.1, 0.15) is 19.9 Å².